The number of fused-ring (bicyclic) bond motifs is 1. The highest BCUT2D eigenvalue weighted by molar-refractivity contribution is 6.28. The molecule has 0 unspecified atom stereocenters. The second-order valence-corrected chi connectivity index (χ2v) is 6.59. The van der Waals surface area contributed by atoms with Crippen LogP contribution < -0.4 is 5.32 Å². The number of halogens is 1. The van der Waals surface area contributed by atoms with Gasteiger partial charge in [-0.25, -0.2) is 9.97 Å². The summed E-state index contributed by atoms with van der Waals surface area (Å²) in [6.45, 7) is 8.73. The van der Waals surface area contributed by atoms with Gasteiger partial charge in [-0.3, -0.25) is 4.68 Å². The van der Waals surface area contributed by atoms with Crippen LogP contribution in [0.3, 0.4) is 0 Å². The number of aromatic nitrogens is 5. The number of hydrogen-bond acceptors (Lipinski definition) is 7. The van der Waals surface area contributed by atoms with Gasteiger partial charge in [0.05, 0.1) is 19.8 Å². The normalized spacial score (nSPS) is 11.3. The molecule has 8 nitrogen and oxygen atoms in total. The van der Waals surface area contributed by atoms with Gasteiger partial charge < -0.3 is 14.8 Å². The van der Waals surface area contributed by atoms with Crippen LogP contribution in [0.25, 0.3) is 11.0 Å². The van der Waals surface area contributed by atoms with Crippen LogP contribution in [0.15, 0.2) is 18.2 Å². The number of aryl methyl sites for hydroxylation is 1. The lowest BCUT2D eigenvalue weighted by atomic mass is 10.3. The van der Waals surface area contributed by atoms with Crippen LogP contribution in [0.4, 0.5) is 11.6 Å². The second-order valence-electron chi connectivity index (χ2n) is 6.25. The number of nitrogens with zero attached hydrogens (tertiary/aromatic N) is 5. The van der Waals surface area contributed by atoms with Crippen LogP contribution in [-0.4, -0.2) is 44.6 Å². The van der Waals surface area contributed by atoms with Crippen molar-refractivity contribution < 1.29 is 9.47 Å². The Balaban J connectivity index is 2.01. The fourth-order valence-corrected chi connectivity index (χ4v) is 2.96. The molecular weight excluding hydrogens is 380 g/mol. The quantitative estimate of drug-likeness (QED) is 0.405. The summed E-state index contributed by atoms with van der Waals surface area (Å²) in [4.78, 5) is 13.3. The summed E-state index contributed by atoms with van der Waals surface area (Å²) < 4.78 is 13.0. The van der Waals surface area contributed by atoms with Gasteiger partial charge in [0.1, 0.15) is 22.5 Å². The lowest BCUT2D eigenvalue weighted by Gasteiger charge is -2.10. The molecule has 0 saturated heterocycles. The number of ether oxygens (including phenoxy) is 2. The molecule has 28 heavy (non-hydrogen) atoms. The molecule has 0 aromatic carbocycles. The molecule has 0 amide bonds. The highest BCUT2D eigenvalue weighted by Crippen LogP contribution is 2.27. The molecule has 3 aromatic rings. The Morgan fingerprint density at radius 2 is 1.96 bits per heavy atom. The first-order valence-electron chi connectivity index (χ1n) is 9.41. The van der Waals surface area contributed by atoms with Gasteiger partial charge >= 0.3 is 0 Å². The van der Waals surface area contributed by atoms with Gasteiger partial charge in [-0.2, -0.15) is 10.1 Å². The molecule has 0 aliphatic heterocycles. The van der Waals surface area contributed by atoms with Crippen molar-refractivity contribution in [3.63, 3.8) is 0 Å². The fraction of sp³-hybridized carbons (Fsp3) is 0.474. The van der Waals surface area contributed by atoms with Gasteiger partial charge in [-0.1, -0.05) is 13.0 Å². The third-order valence-electron chi connectivity index (χ3n) is 4.00. The molecule has 0 aliphatic rings. The van der Waals surface area contributed by atoms with Crippen molar-refractivity contribution in [2.75, 3.05) is 25.1 Å². The highest BCUT2D eigenvalue weighted by Gasteiger charge is 2.19. The van der Waals surface area contributed by atoms with E-state index in [0.717, 1.165) is 23.3 Å². The average molecular weight is 405 g/mol. The van der Waals surface area contributed by atoms with Crippen molar-refractivity contribution in [3.05, 3.63) is 34.9 Å². The van der Waals surface area contributed by atoms with Crippen molar-refractivity contribution in [1.82, 2.24) is 24.7 Å². The van der Waals surface area contributed by atoms with E-state index < -0.39 is 0 Å². The molecule has 0 saturated carbocycles. The summed E-state index contributed by atoms with van der Waals surface area (Å²) in [6, 6.07) is 5.74. The minimum atomic E-state index is 0.141. The third-order valence-corrected chi connectivity index (χ3v) is 4.17. The van der Waals surface area contributed by atoms with E-state index in [1.165, 1.54) is 0 Å². The summed E-state index contributed by atoms with van der Waals surface area (Å²) in [5.74, 6) is 1.23. The minimum Gasteiger partial charge on any atom is -0.380 e. The highest BCUT2D eigenvalue weighted by atomic mass is 35.5. The van der Waals surface area contributed by atoms with Crippen molar-refractivity contribution >= 4 is 34.3 Å². The molecule has 0 atom stereocenters. The molecular formula is C19H25ClN6O2. The summed E-state index contributed by atoms with van der Waals surface area (Å²) in [7, 11) is 0. The lowest BCUT2D eigenvalue weighted by Crippen LogP contribution is -2.10. The third kappa shape index (κ3) is 4.95. The zero-order valence-electron chi connectivity index (χ0n) is 16.4. The van der Waals surface area contributed by atoms with E-state index in [2.05, 4.69) is 32.3 Å². The monoisotopic (exact) mass is 404 g/mol. The van der Waals surface area contributed by atoms with E-state index in [-0.39, 0.29) is 5.28 Å². The van der Waals surface area contributed by atoms with Crippen LogP contribution in [0.5, 0.6) is 0 Å². The molecule has 9 heteroatoms. The Labute approximate surface area is 169 Å². The Morgan fingerprint density at radius 3 is 2.71 bits per heavy atom. The first-order chi connectivity index (χ1) is 13.6. The molecule has 3 rings (SSSR count). The van der Waals surface area contributed by atoms with E-state index in [0.29, 0.717) is 50.1 Å². The van der Waals surface area contributed by atoms with Crippen molar-refractivity contribution in [3.8, 4) is 0 Å². The minimum absolute atomic E-state index is 0.141. The zero-order valence-corrected chi connectivity index (χ0v) is 17.2. The molecule has 0 fully saturated rings. The van der Waals surface area contributed by atoms with Gasteiger partial charge in [-0.05, 0) is 44.0 Å². The average Bonchev–Trinajstić information content (AvgIpc) is 3.01. The van der Waals surface area contributed by atoms with Gasteiger partial charge in [0.2, 0.25) is 5.28 Å². The summed E-state index contributed by atoms with van der Waals surface area (Å²) in [5, 5.41) is 8.07. The maximum atomic E-state index is 6.20. The Morgan fingerprint density at radius 1 is 1.11 bits per heavy atom. The molecule has 0 radical (unpaired) electrons. The number of hydrogen-bond donors (Lipinski definition) is 1. The van der Waals surface area contributed by atoms with Crippen LogP contribution in [0.2, 0.25) is 5.28 Å². The van der Waals surface area contributed by atoms with Crippen LogP contribution >= 0.6 is 11.6 Å². The van der Waals surface area contributed by atoms with Gasteiger partial charge in [-0.15, -0.1) is 0 Å². The van der Waals surface area contributed by atoms with Gasteiger partial charge in [0, 0.05) is 18.9 Å². The number of pyridine rings is 1. The fourth-order valence-electron chi connectivity index (χ4n) is 2.79. The predicted octanol–water partition coefficient (Wildman–Crippen LogP) is 3.89. The van der Waals surface area contributed by atoms with Crippen LogP contribution in [-0.2, 0) is 22.6 Å². The summed E-state index contributed by atoms with van der Waals surface area (Å²) >= 11 is 6.20. The van der Waals surface area contributed by atoms with Crippen molar-refractivity contribution in [1.29, 1.82) is 0 Å². The standard InChI is InChI=1S/C19H25ClN6O2/c1-4-10-28-11-9-26-17-16(14(25-26)12-27-5-2)23-19(20)24-18(17)22-15-8-6-7-13(3)21-15/h6-8H,4-5,9-12H2,1-3H3,(H,21,22,23,24). The van der Waals surface area contributed by atoms with E-state index in [1.54, 1.807) is 0 Å². The Bertz CT molecular complexity index is 930. The maximum Gasteiger partial charge on any atom is 0.225 e. The van der Waals surface area contributed by atoms with Gasteiger partial charge in [0.15, 0.2) is 5.82 Å². The number of anilines is 2. The van der Waals surface area contributed by atoms with Crippen LogP contribution in [0, 0.1) is 6.92 Å². The zero-order chi connectivity index (χ0) is 19.9. The summed E-state index contributed by atoms with van der Waals surface area (Å²) in [6.07, 6.45) is 0.972. The topological polar surface area (TPSA) is 87.0 Å². The smallest absolute Gasteiger partial charge is 0.225 e. The van der Waals surface area contributed by atoms with E-state index in [4.69, 9.17) is 21.1 Å². The Kier molecular flexibility index (Phi) is 7.13. The molecule has 0 bridgehead atoms. The van der Waals surface area contributed by atoms with Crippen molar-refractivity contribution in [2.45, 2.75) is 40.3 Å². The van der Waals surface area contributed by atoms with E-state index in [1.807, 2.05) is 36.7 Å². The molecule has 1 N–H and O–H groups in total. The lowest BCUT2D eigenvalue weighted by molar-refractivity contribution is 0.122. The SMILES string of the molecule is CCCOCCn1nc(COCC)c2nc(Cl)nc(Nc3cccc(C)n3)c21. The molecule has 0 aliphatic carbocycles. The largest absolute Gasteiger partial charge is 0.380 e. The second kappa shape index (κ2) is 9.77. The Hall–Kier alpha value is -2.29. The summed E-state index contributed by atoms with van der Waals surface area (Å²) in [5.41, 5.74) is 3.04. The first-order valence-corrected chi connectivity index (χ1v) is 9.79. The van der Waals surface area contributed by atoms with Crippen LogP contribution in [0.1, 0.15) is 31.7 Å². The predicted molar refractivity (Wildman–Crippen MR) is 109 cm³/mol. The molecule has 150 valence electrons. The van der Waals surface area contributed by atoms with Crippen molar-refractivity contribution in [2.24, 2.45) is 0 Å². The van der Waals surface area contributed by atoms with Gasteiger partial charge in [0.25, 0.3) is 0 Å². The van der Waals surface area contributed by atoms with E-state index in [9.17, 15) is 0 Å². The number of nitrogens with one attached hydrogen (secondary N) is 1. The molecule has 0 spiro atoms. The number of rotatable bonds is 10. The molecule has 3 heterocycles. The van der Waals surface area contributed by atoms with E-state index >= 15 is 0 Å². The molecule has 3 aromatic heterocycles. The first kappa shape index (κ1) is 20.4. The maximum absolute atomic E-state index is 6.20.